The first-order chi connectivity index (χ1) is 5.65. The van der Waals surface area contributed by atoms with E-state index in [4.69, 9.17) is 4.74 Å². The number of hydrogen-bond donors (Lipinski definition) is 1. The van der Waals surface area contributed by atoms with Crippen LogP contribution in [0, 0.1) is 0 Å². The maximum atomic E-state index is 11.2. The molecule has 70 valence electrons. The van der Waals surface area contributed by atoms with Crippen LogP contribution in [-0.4, -0.2) is 41.4 Å². The molecule has 0 saturated carbocycles. The van der Waals surface area contributed by atoms with Crippen molar-refractivity contribution in [1.29, 1.82) is 0 Å². The maximum absolute atomic E-state index is 11.2. The molecule has 1 aliphatic rings. The number of hydrogen-bond acceptors (Lipinski definition) is 3. The fraction of sp³-hybridized carbons (Fsp3) is 0.875. The lowest BCUT2D eigenvalue weighted by atomic mass is 10.2. The van der Waals surface area contributed by atoms with Gasteiger partial charge in [-0.1, -0.05) is 0 Å². The van der Waals surface area contributed by atoms with Crippen LogP contribution in [0.3, 0.4) is 0 Å². The van der Waals surface area contributed by atoms with E-state index in [-0.39, 0.29) is 18.2 Å². The van der Waals surface area contributed by atoms with Crippen LogP contribution in [0.15, 0.2) is 0 Å². The molecule has 1 rings (SSSR count). The Kier molecular flexibility index (Phi) is 2.92. The van der Waals surface area contributed by atoms with Crippen molar-refractivity contribution >= 4 is 6.09 Å². The summed E-state index contributed by atoms with van der Waals surface area (Å²) in [6.07, 6.45) is -0.0512. The van der Waals surface area contributed by atoms with E-state index < -0.39 is 0 Å². The van der Waals surface area contributed by atoms with Crippen LogP contribution >= 0.6 is 0 Å². The maximum Gasteiger partial charge on any atom is 0.410 e. The molecule has 2 atom stereocenters. The summed E-state index contributed by atoms with van der Waals surface area (Å²) in [7, 11) is 0. The topological polar surface area (TPSA) is 49.8 Å². The first-order valence-corrected chi connectivity index (χ1v) is 4.26. The second-order valence-electron chi connectivity index (χ2n) is 3.09. The average Bonchev–Trinajstić information content (AvgIpc) is 2.30. The quantitative estimate of drug-likeness (QED) is 0.631. The Morgan fingerprint density at radius 3 is 2.83 bits per heavy atom. The molecule has 0 radical (unpaired) electrons. The van der Waals surface area contributed by atoms with Gasteiger partial charge < -0.3 is 14.7 Å². The number of amides is 1. The van der Waals surface area contributed by atoms with Crippen molar-refractivity contribution in [1.82, 2.24) is 4.90 Å². The third-order valence-corrected chi connectivity index (χ3v) is 2.06. The van der Waals surface area contributed by atoms with Crippen LogP contribution in [0.4, 0.5) is 4.79 Å². The van der Waals surface area contributed by atoms with Gasteiger partial charge in [-0.05, 0) is 20.3 Å². The Hall–Kier alpha value is -0.770. The predicted octanol–water partition coefficient (Wildman–Crippen LogP) is 0.598. The Balaban J connectivity index is 2.46. The summed E-state index contributed by atoms with van der Waals surface area (Å²) in [5, 5.41) is 9.24. The summed E-state index contributed by atoms with van der Waals surface area (Å²) >= 11 is 0. The van der Waals surface area contributed by atoms with Gasteiger partial charge in [-0.15, -0.1) is 0 Å². The van der Waals surface area contributed by atoms with Crippen LogP contribution in [0.25, 0.3) is 0 Å². The van der Waals surface area contributed by atoms with Gasteiger partial charge in [-0.25, -0.2) is 4.79 Å². The Labute approximate surface area is 72.1 Å². The molecule has 12 heavy (non-hydrogen) atoms. The second kappa shape index (κ2) is 3.76. The number of nitrogens with zero attached hydrogens (tertiary/aromatic N) is 1. The molecule has 0 spiro atoms. The van der Waals surface area contributed by atoms with Gasteiger partial charge in [0, 0.05) is 6.04 Å². The fourth-order valence-electron chi connectivity index (χ4n) is 1.46. The molecule has 0 bridgehead atoms. The molecule has 4 nitrogen and oxygen atoms in total. The van der Waals surface area contributed by atoms with Crippen molar-refractivity contribution in [2.24, 2.45) is 0 Å². The first-order valence-electron chi connectivity index (χ1n) is 4.26. The Bertz CT molecular complexity index is 172. The highest BCUT2D eigenvalue weighted by atomic mass is 16.6. The number of rotatable bonds is 1. The molecule has 1 amide bonds. The third kappa shape index (κ3) is 1.88. The van der Waals surface area contributed by atoms with E-state index in [1.807, 2.05) is 6.92 Å². The molecule has 0 aromatic heterocycles. The minimum Gasteiger partial charge on any atom is -0.450 e. The highest BCUT2D eigenvalue weighted by molar-refractivity contribution is 5.68. The summed E-state index contributed by atoms with van der Waals surface area (Å²) < 4.78 is 4.82. The lowest BCUT2D eigenvalue weighted by molar-refractivity contribution is 0.0996. The highest BCUT2D eigenvalue weighted by Crippen LogP contribution is 2.17. The molecule has 2 unspecified atom stereocenters. The van der Waals surface area contributed by atoms with E-state index in [1.165, 1.54) is 0 Å². The van der Waals surface area contributed by atoms with Gasteiger partial charge in [-0.2, -0.15) is 0 Å². The highest BCUT2D eigenvalue weighted by Gasteiger charge is 2.31. The van der Waals surface area contributed by atoms with Gasteiger partial charge in [0.15, 0.2) is 0 Å². The molecule has 1 fully saturated rings. The normalized spacial score (nSPS) is 29.1. The van der Waals surface area contributed by atoms with Crippen molar-refractivity contribution < 1.29 is 14.6 Å². The van der Waals surface area contributed by atoms with Crippen molar-refractivity contribution in [2.75, 3.05) is 13.2 Å². The van der Waals surface area contributed by atoms with Crippen LogP contribution in [0.1, 0.15) is 20.3 Å². The lowest BCUT2D eigenvalue weighted by Gasteiger charge is -2.19. The van der Waals surface area contributed by atoms with Crippen LogP contribution in [-0.2, 0) is 4.74 Å². The van der Waals surface area contributed by atoms with Gasteiger partial charge >= 0.3 is 6.09 Å². The monoisotopic (exact) mass is 173 g/mol. The summed E-state index contributed by atoms with van der Waals surface area (Å²) in [4.78, 5) is 12.8. The summed E-state index contributed by atoms with van der Waals surface area (Å²) in [5.74, 6) is 0. The fourth-order valence-corrected chi connectivity index (χ4v) is 1.46. The summed E-state index contributed by atoms with van der Waals surface area (Å²) in [6, 6.07) is 0.0963. The van der Waals surface area contributed by atoms with Gasteiger partial charge in [0.05, 0.1) is 19.3 Å². The van der Waals surface area contributed by atoms with E-state index >= 15 is 0 Å². The van der Waals surface area contributed by atoms with Crippen LogP contribution in [0.2, 0.25) is 0 Å². The number of aliphatic hydroxyl groups excluding tert-OH is 1. The minimum absolute atomic E-state index is 0.0963. The van der Waals surface area contributed by atoms with Gasteiger partial charge in [-0.3, -0.25) is 0 Å². The predicted molar refractivity (Wildman–Crippen MR) is 43.8 cm³/mol. The van der Waals surface area contributed by atoms with Crippen molar-refractivity contribution in [3.05, 3.63) is 0 Å². The summed E-state index contributed by atoms with van der Waals surface area (Å²) in [5.41, 5.74) is 0. The molecule has 1 aliphatic heterocycles. The Morgan fingerprint density at radius 1 is 1.75 bits per heavy atom. The van der Waals surface area contributed by atoms with Crippen molar-refractivity contribution in [3.63, 3.8) is 0 Å². The van der Waals surface area contributed by atoms with E-state index in [2.05, 4.69) is 0 Å². The lowest BCUT2D eigenvalue weighted by Crippen LogP contribution is -2.34. The van der Waals surface area contributed by atoms with E-state index in [0.29, 0.717) is 19.6 Å². The number of aliphatic hydroxyl groups is 1. The van der Waals surface area contributed by atoms with Crippen LogP contribution < -0.4 is 0 Å². The van der Waals surface area contributed by atoms with Gasteiger partial charge in [0.2, 0.25) is 0 Å². The molecule has 0 aromatic carbocycles. The van der Waals surface area contributed by atoms with E-state index in [0.717, 1.165) is 0 Å². The average molecular weight is 173 g/mol. The standard InChI is InChI=1S/C8H15NO3/c1-3-12-8(11)9-5-7(10)4-6(9)2/h6-7,10H,3-5H2,1-2H3. The molecular weight excluding hydrogens is 158 g/mol. The molecule has 0 aromatic rings. The number of carbonyl (C=O) groups excluding carboxylic acids is 1. The molecule has 0 aliphatic carbocycles. The number of ether oxygens (including phenoxy) is 1. The Morgan fingerprint density at radius 2 is 2.42 bits per heavy atom. The summed E-state index contributed by atoms with van der Waals surface area (Å²) in [6.45, 7) is 4.47. The van der Waals surface area contributed by atoms with Crippen molar-refractivity contribution in [3.8, 4) is 0 Å². The number of likely N-dealkylation sites (tertiary alicyclic amines) is 1. The smallest absolute Gasteiger partial charge is 0.410 e. The van der Waals surface area contributed by atoms with Gasteiger partial charge in [0.25, 0.3) is 0 Å². The molecule has 4 heteroatoms. The zero-order chi connectivity index (χ0) is 9.14. The van der Waals surface area contributed by atoms with Crippen LogP contribution in [0.5, 0.6) is 0 Å². The number of β-amino-alcohol motifs (C(OH)–C–C–N with tert-alkyl or cyclic N) is 1. The van der Waals surface area contributed by atoms with E-state index in [9.17, 15) is 9.90 Å². The zero-order valence-electron chi connectivity index (χ0n) is 7.49. The molecule has 1 heterocycles. The minimum atomic E-state index is -0.385. The van der Waals surface area contributed by atoms with E-state index in [1.54, 1.807) is 11.8 Å². The third-order valence-electron chi connectivity index (χ3n) is 2.06. The SMILES string of the molecule is CCOC(=O)N1CC(O)CC1C. The second-order valence-corrected chi connectivity index (χ2v) is 3.09. The van der Waals surface area contributed by atoms with Gasteiger partial charge in [0.1, 0.15) is 0 Å². The molecule has 1 N–H and O–H groups in total. The molecule has 1 saturated heterocycles. The first kappa shape index (κ1) is 9.32. The molecular formula is C8H15NO3. The van der Waals surface area contributed by atoms with Crippen molar-refractivity contribution in [2.45, 2.75) is 32.4 Å². The number of carbonyl (C=O) groups is 1. The zero-order valence-corrected chi connectivity index (χ0v) is 7.49. The largest absolute Gasteiger partial charge is 0.450 e.